The zero-order valence-electron chi connectivity index (χ0n) is 7.12. The lowest BCUT2D eigenvalue weighted by Crippen LogP contribution is -2.35. The van der Waals surface area contributed by atoms with Gasteiger partial charge in [0.25, 0.3) is 5.91 Å². The average molecular weight is 181 g/mol. The van der Waals surface area contributed by atoms with Crippen LogP contribution in [0, 0.1) is 0 Å². The molecule has 0 bridgehead atoms. The summed E-state index contributed by atoms with van der Waals surface area (Å²) in [6.07, 6.45) is 2.44. The molecule has 5 heteroatoms. The molecule has 1 atom stereocenters. The number of hydrogen-bond donors (Lipinski definition) is 2. The van der Waals surface area contributed by atoms with E-state index in [1.165, 1.54) is 0 Å². The first-order valence-corrected chi connectivity index (χ1v) is 4.24. The molecule has 1 aliphatic heterocycles. The van der Waals surface area contributed by atoms with Gasteiger partial charge in [-0.2, -0.15) is 5.10 Å². The topological polar surface area (TPSA) is 67.0 Å². The molecule has 0 radical (unpaired) electrons. The molecule has 0 aromatic carbocycles. The van der Waals surface area contributed by atoms with Gasteiger partial charge < -0.3 is 10.1 Å². The Morgan fingerprint density at radius 2 is 2.69 bits per heavy atom. The number of carbonyl (C=O) groups is 1. The van der Waals surface area contributed by atoms with Crippen molar-refractivity contribution in [2.75, 3.05) is 13.2 Å². The van der Waals surface area contributed by atoms with Crippen LogP contribution in [0.3, 0.4) is 0 Å². The summed E-state index contributed by atoms with van der Waals surface area (Å²) in [5, 5.41) is 9.15. The molecule has 0 aliphatic carbocycles. The van der Waals surface area contributed by atoms with Crippen molar-refractivity contribution in [2.24, 2.45) is 0 Å². The van der Waals surface area contributed by atoms with Crippen molar-refractivity contribution >= 4 is 5.91 Å². The second-order valence-electron chi connectivity index (χ2n) is 3.00. The minimum absolute atomic E-state index is 0.118. The van der Waals surface area contributed by atoms with Crippen LogP contribution >= 0.6 is 0 Å². The number of hydrogen-bond acceptors (Lipinski definition) is 3. The molecule has 0 spiro atoms. The third-order valence-electron chi connectivity index (χ3n) is 2.01. The molecule has 1 aromatic rings. The van der Waals surface area contributed by atoms with E-state index in [0.717, 1.165) is 13.0 Å². The number of ether oxygens (including phenoxy) is 1. The largest absolute Gasteiger partial charge is 0.379 e. The maximum Gasteiger partial charge on any atom is 0.269 e. The number of rotatable bonds is 2. The number of H-pyrrole nitrogens is 1. The first kappa shape index (κ1) is 8.25. The van der Waals surface area contributed by atoms with Gasteiger partial charge in [0.1, 0.15) is 5.69 Å². The summed E-state index contributed by atoms with van der Waals surface area (Å²) < 4.78 is 5.13. The minimum atomic E-state index is -0.118. The summed E-state index contributed by atoms with van der Waals surface area (Å²) in [5.74, 6) is -0.118. The third-order valence-corrected chi connectivity index (χ3v) is 2.01. The van der Waals surface area contributed by atoms with E-state index in [0.29, 0.717) is 12.3 Å². The Balaban J connectivity index is 1.91. The lowest BCUT2D eigenvalue weighted by Gasteiger charge is -2.08. The first-order valence-electron chi connectivity index (χ1n) is 4.24. The number of nitrogens with zero attached hydrogens (tertiary/aromatic N) is 1. The van der Waals surface area contributed by atoms with Gasteiger partial charge in [-0.25, -0.2) is 0 Å². The van der Waals surface area contributed by atoms with Crippen molar-refractivity contribution in [3.63, 3.8) is 0 Å². The predicted molar refractivity (Wildman–Crippen MR) is 45.3 cm³/mol. The lowest BCUT2D eigenvalue weighted by molar-refractivity contribution is 0.0925. The third kappa shape index (κ3) is 1.86. The van der Waals surface area contributed by atoms with Gasteiger partial charge in [0.05, 0.1) is 12.6 Å². The smallest absolute Gasteiger partial charge is 0.269 e. The van der Waals surface area contributed by atoms with E-state index in [9.17, 15) is 4.79 Å². The maximum absolute atomic E-state index is 11.4. The molecule has 2 heterocycles. The van der Waals surface area contributed by atoms with Crippen LogP contribution in [0.15, 0.2) is 12.3 Å². The highest BCUT2D eigenvalue weighted by atomic mass is 16.5. The Morgan fingerprint density at radius 3 is 3.31 bits per heavy atom. The number of amides is 1. The van der Waals surface area contributed by atoms with Crippen molar-refractivity contribution in [2.45, 2.75) is 12.5 Å². The molecule has 1 aliphatic rings. The van der Waals surface area contributed by atoms with Crippen LogP contribution in [0.5, 0.6) is 0 Å². The Bertz CT molecular complexity index is 278. The number of carbonyl (C=O) groups excluding carboxylic acids is 1. The molecule has 1 amide bonds. The van der Waals surface area contributed by atoms with Crippen molar-refractivity contribution in [1.29, 1.82) is 0 Å². The molecule has 0 saturated carbocycles. The summed E-state index contributed by atoms with van der Waals surface area (Å²) in [6.45, 7) is 1.34. The highest BCUT2D eigenvalue weighted by Crippen LogP contribution is 2.04. The van der Waals surface area contributed by atoms with Crippen molar-refractivity contribution in [3.05, 3.63) is 18.0 Å². The summed E-state index contributed by atoms with van der Waals surface area (Å²) in [5.41, 5.74) is 0.493. The molecule has 2 rings (SSSR count). The van der Waals surface area contributed by atoms with Crippen molar-refractivity contribution < 1.29 is 9.53 Å². The predicted octanol–water partition coefficient (Wildman–Crippen LogP) is -0.0716. The molecule has 70 valence electrons. The van der Waals surface area contributed by atoms with E-state index < -0.39 is 0 Å². The van der Waals surface area contributed by atoms with E-state index in [2.05, 4.69) is 15.5 Å². The van der Waals surface area contributed by atoms with Gasteiger partial charge in [-0.1, -0.05) is 0 Å². The molecule has 1 saturated heterocycles. The number of nitrogens with one attached hydrogen (secondary N) is 2. The summed E-state index contributed by atoms with van der Waals surface area (Å²) in [7, 11) is 0. The molecular weight excluding hydrogens is 170 g/mol. The van der Waals surface area contributed by atoms with Crippen LogP contribution in [0.25, 0.3) is 0 Å². The fourth-order valence-corrected chi connectivity index (χ4v) is 1.29. The number of aromatic nitrogens is 2. The fraction of sp³-hybridized carbons (Fsp3) is 0.500. The minimum Gasteiger partial charge on any atom is -0.379 e. The van der Waals surface area contributed by atoms with Gasteiger partial charge in [0, 0.05) is 12.8 Å². The van der Waals surface area contributed by atoms with E-state index in [1.807, 2.05) is 0 Å². The average Bonchev–Trinajstić information content (AvgIpc) is 2.74. The zero-order valence-corrected chi connectivity index (χ0v) is 7.12. The summed E-state index contributed by atoms with van der Waals surface area (Å²) >= 11 is 0. The van der Waals surface area contributed by atoms with Crippen LogP contribution in [-0.2, 0) is 4.74 Å². The second kappa shape index (κ2) is 3.57. The van der Waals surface area contributed by atoms with Gasteiger partial charge in [-0.15, -0.1) is 0 Å². The first-order chi connectivity index (χ1) is 6.36. The SMILES string of the molecule is O=C(N[C@H]1CCOC1)c1ccn[nH]1. The quantitative estimate of drug-likeness (QED) is 0.671. The van der Waals surface area contributed by atoms with E-state index in [-0.39, 0.29) is 11.9 Å². The van der Waals surface area contributed by atoms with Gasteiger partial charge in [0.2, 0.25) is 0 Å². The highest BCUT2D eigenvalue weighted by Gasteiger charge is 2.18. The van der Waals surface area contributed by atoms with Gasteiger partial charge in [-0.3, -0.25) is 9.89 Å². The van der Waals surface area contributed by atoms with Crippen LogP contribution in [0.2, 0.25) is 0 Å². The Hall–Kier alpha value is -1.36. The lowest BCUT2D eigenvalue weighted by atomic mass is 10.2. The monoisotopic (exact) mass is 181 g/mol. The molecule has 5 nitrogen and oxygen atoms in total. The molecule has 1 fully saturated rings. The zero-order chi connectivity index (χ0) is 9.10. The molecule has 2 N–H and O–H groups in total. The molecule has 1 aromatic heterocycles. The van der Waals surface area contributed by atoms with Crippen LogP contribution in [0.4, 0.5) is 0 Å². The number of aromatic amines is 1. The van der Waals surface area contributed by atoms with E-state index in [4.69, 9.17) is 4.74 Å². The van der Waals surface area contributed by atoms with E-state index in [1.54, 1.807) is 12.3 Å². The Kier molecular flexibility index (Phi) is 2.27. The standard InChI is InChI=1S/C8H11N3O2/c12-8(7-1-3-9-11-7)10-6-2-4-13-5-6/h1,3,6H,2,4-5H2,(H,9,11)(H,10,12)/t6-/m0/s1. The Labute approximate surface area is 75.5 Å². The highest BCUT2D eigenvalue weighted by molar-refractivity contribution is 5.92. The van der Waals surface area contributed by atoms with Gasteiger partial charge in [-0.05, 0) is 12.5 Å². The maximum atomic E-state index is 11.4. The summed E-state index contributed by atoms with van der Waals surface area (Å²) in [4.78, 5) is 11.4. The van der Waals surface area contributed by atoms with Crippen molar-refractivity contribution in [1.82, 2.24) is 15.5 Å². The second-order valence-corrected chi connectivity index (χ2v) is 3.00. The Morgan fingerprint density at radius 1 is 1.77 bits per heavy atom. The fourth-order valence-electron chi connectivity index (χ4n) is 1.29. The van der Waals surface area contributed by atoms with Gasteiger partial charge in [0.15, 0.2) is 0 Å². The van der Waals surface area contributed by atoms with Crippen molar-refractivity contribution in [3.8, 4) is 0 Å². The normalized spacial score (nSPS) is 21.7. The van der Waals surface area contributed by atoms with Crippen LogP contribution in [-0.4, -0.2) is 35.4 Å². The summed E-state index contributed by atoms with van der Waals surface area (Å²) in [6, 6.07) is 1.79. The van der Waals surface area contributed by atoms with Crippen LogP contribution in [0.1, 0.15) is 16.9 Å². The molecule has 0 unspecified atom stereocenters. The van der Waals surface area contributed by atoms with E-state index >= 15 is 0 Å². The van der Waals surface area contributed by atoms with Gasteiger partial charge >= 0.3 is 0 Å². The van der Waals surface area contributed by atoms with Crippen LogP contribution < -0.4 is 5.32 Å². The molecular formula is C8H11N3O2. The molecule has 13 heavy (non-hydrogen) atoms.